The van der Waals surface area contributed by atoms with Crippen molar-refractivity contribution in [2.24, 2.45) is 0 Å². The molecule has 5 nitrogen and oxygen atoms in total. The van der Waals surface area contributed by atoms with Crippen LogP contribution in [-0.2, 0) is 0 Å². The number of carbonyl (C=O) groups is 1. The summed E-state index contributed by atoms with van der Waals surface area (Å²) in [6.45, 7) is 3.39. The Bertz CT molecular complexity index is 465. The molecule has 21 heavy (non-hydrogen) atoms. The maximum atomic E-state index is 11.8. The lowest BCUT2D eigenvalue weighted by Gasteiger charge is -2.23. The summed E-state index contributed by atoms with van der Waals surface area (Å²) >= 11 is 0. The van der Waals surface area contributed by atoms with Gasteiger partial charge < -0.3 is 20.5 Å². The predicted molar refractivity (Wildman–Crippen MR) is 82.6 cm³/mol. The number of urea groups is 1. The number of amides is 2. The molecular weight excluding hydrogens is 268 g/mol. The number of hydrogen-bond acceptors (Lipinski definition) is 3. The molecule has 0 radical (unpaired) electrons. The fourth-order valence-corrected chi connectivity index (χ4v) is 2.32. The maximum Gasteiger partial charge on any atom is 0.319 e. The minimum absolute atomic E-state index is 0.116. The standard InChI is InChI=1S/C16H24N2O3/c1-16(2,11-19)18-15(20)17-12-7-9-14(10-8-12)21-13-5-3-4-6-13/h7-10,13,19H,3-6,11H2,1-2H3,(H2,17,18,20). The molecule has 1 fully saturated rings. The van der Waals surface area contributed by atoms with E-state index in [4.69, 9.17) is 9.84 Å². The third-order valence-corrected chi connectivity index (χ3v) is 3.56. The highest BCUT2D eigenvalue weighted by atomic mass is 16.5. The van der Waals surface area contributed by atoms with Gasteiger partial charge in [0.2, 0.25) is 0 Å². The number of aliphatic hydroxyl groups excluding tert-OH is 1. The summed E-state index contributed by atoms with van der Waals surface area (Å²) < 4.78 is 5.87. The Morgan fingerprint density at radius 2 is 1.90 bits per heavy atom. The average molecular weight is 292 g/mol. The van der Waals surface area contributed by atoms with Crippen LogP contribution < -0.4 is 15.4 Å². The van der Waals surface area contributed by atoms with Crippen LogP contribution in [0, 0.1) is 0 Å². The third-order valence-electron chi connectivity index (χ3n) is 3.56. The molecule has 116 valence electrons. The molecule has 1 aromatic carbocycles. The second kappa shape index (κ2) is 6.80. The Kier molecular flexibility index (Phi) is 5.07. The first-order valence-electron chi connectivity index (χ1n) is 7.45. The van der Waals surface area contributed by atoms with Crippen LogP contribution in [0.4, 0.5) is 10.5 Å². The minimum atomic E-state index is -0.643. The van der Waals surface area contributed by atoms with E-state index < -0.39 is 5.54 Å². The Morgan fingerprint density at radius 3 is 2.48 bits per heavy atom. The smallest absolute Gasteiger partial charge is 0.319 e. The molecule has 0 atom stereocenters. The fraction of sp³-hybridized carbons (Fsp3) is 0.562. The van der Waals surface area contributed by atoms with Gasteiger partial charge in [-0.1, -0.05) is 0 Å². The fourth-order valence-electron chi connectivity index (χ4n) is 2.32. The monoisotopic (exact) mass is 292 g/mol. The predicted octanol–water partition coefficient (Wildman–Crippen LogP) is 2.90. The van der Waals surface area contributed by atoms with Gasteiger partial charge in [-0.2, -0.15) is 0 Å². The summed E-state index contributed by atoms with van der Waals surface area (Å²) in [6, 6.07) is 7.03. The lowest BCUT2D eigenvalue weighted by Crippen LogP contribution is -2.48. The van der Waals surface area contributed by atoms with E-state index in [0.717, 1.165) is 18.6 Å². The molecule has 0 aliphatic heterocycles. The van der Waals surface area contributed by atoms with Crippen molar-refractivity contribution in [3.8, 4) is 5.75 Å². The van der Waals surface area contributed by atoms with Gasteiger partial charge in [-0.15, -0.1) is 0 Å². The Morgan fingerprint density at radius 1 is 1.29 bits per heavy atom. The zero-order valence-electron chi connectivity index (χ0n) is 12.7. The van der Waals surface area contributed by atoms with Gasteiger partial charge in [0.25, 0.3) is 0 Å². The number of carbonyl (C=O) groups excluding carboxylic acids is 1. The molecule has 3 N–H and O–H groups in total. The van der Waals surface area contributed by atoms with Crippen LogP contribution in [0.15, 0.2) is 24.3 Å². The van der Waals surface area contributed by atoms with E-state index in [0.29, 0.717) is 11.8 Å². The summed E-state index contributed by atoms with van der Waals surface area (Å²) in [5.74, 6) is 0.837. The molecule has 1 aromatic rings. The topological polar surface area (TPSA) is 70.6 Å². The highest BCUT2D eigenvalue weighted by Gasteiger charge is 2.19. The van der Waals surface area contributed by atoms with Gasteiger partial charge in [-0.3, -0.25) is 0 Å². The first-order valence-corrected chi connectivity index (χ1v) is 7.45. The Labute approximate surface area is 125 Å². The van der Waals surface area contributed by atoms with E-state index >= 15 is 0 Å². The van der Waals surface area contributed by atoms with Crippen molar-refractivity contribution in [1.29, 1.82) is 0 Å². The normalized spacial score (nSPS) is 15.8. The summed E-state index contributed by atoms with van der Waals surface area (Å²) in [7, 11) is 0. The zero-order chi connectivity index (χ0) is 15.3. The highest BCUT2D eigenvalue weighted by molar-refractivity contribution is 5.89. The average Bonchev–Trinajstić information content (AvgIpc) is 2.93. The number of benzene rings is 1. The van der Waals surface area contributed by atoms with Gasteiger partial charge in [0.05, 0.1) is 18.2 Å². The molecule has 2 rings (SSSR count). The lowest BCUT2D eigenvalue weighted by molar-refractivity contribution is 0.187. The molecule has 0 spiro atoms. The van der Waals surface area contributed by atoms with E-state index in [1.807, 2.05) is 24.3 Å². The molecular formula is C16H24N2O3. The van der Waals surface area contributed by atoms with E-state index in [1.54, 1.807) is 13.8 Å². The van der Waals surface area contributed by atoms with Crippen LogP contribution in [0.3, 0.4) is 0 Å². The van der Waals surface area contributed by atoms with Crippen molar-refractivity contribution in [3.05, 3.63) is 24.3 Å². The second-order valence-corrected chi connectivity index (χ2v) is 6.17. The van der Waals surface area contributed by atoms with E-state index in [2.05, 4.69) is 10.6 Å². The lowest BCUT2D eigenvalue weighted by atomic mass is 10.1. The van der Waals surface area contributed by atoms with E-state index in [9.17, 15) is 4.79 Å². The van der Waals surface area contributed by atoms with E-state index in [1.165, 1.54) is 12.8 Å². The largest absolute Gasteiger partial charge is 0.490 e. The number of nitrogens with one attached hydrogen (secondary N) is 2. The van der Waals surface area contributed by atoms with Gasteiger partial charge in [-0.25, -0.2) is 4.79 Å². The summed E-state index contributed by atoms with van der Waals surface area (Å²) in [6.07, 6.45) is 5.06. The van der Waals surface area contributed by atoms with Gasteiger partial charge >= 0.3 is 6.03 Å². The van der Waals surface area contributed by atoms with Gasteiger partial charge in [0.15, 0.2) is 0 Å². The quantitative estimate of drug-likeness (QED) is 0.781. The molecule has 2 amide bonds. The molecule has 1 saturated carbocycles. The van der Waals surface area contributed by atoms with Crippen molar-refractivity contribution in [2.45, 2.75) is 51.2 Å². The SMILES string of the molecule is CC(C)(CO)NC(=O)Nc1ccc(OC2CCCC2)cc1. The molecule has 5 heteroatoms. The van der Waals surface area contributed by atoms with Crippen LogP contribution in [0.1, 0.15) is 39.5 Å². The van der Waals surface area contributed by atoms with Crippen LogP contribution >= 0.6 is 0 Å². The number of rotatable bonds is 5. The number of ether oxygens (including phenoxy) is 1. The van der Waals surface area contributed by atoms with Gasteiger partial charge in [0.1, 0.15) is 5.75 Å². The van der Waals surface area contributed by atoms with Crippen molar-refractivity contribution in [1.82, 2.24) is 5.32 Å². The third kappa shape index (κ3) is 4.93. The Hall–Kier alpha value is -1.75. The Balaban J connectivity index is 1.85. The number of aliphatic hydroxyl groups is 1. The van der Waals surface area contributed by atoms with Crippen LogP contribution in [0.2, 0.25) is 0 Å². The van der Waals surface area contributed by atoms with Gasteiger partial charge in [-0.05, 0) is 63.8 Å². The summed E-state index contributed by atoms with van der Waals surface area (Å²) in [5.41, 5.74) is 0.0512. The first kappa shape index (κ1) is 15.6. The number of anilines is 1. The maximum absolute atomic E-state index is 11.8. The molecule has 0 bridgehead atoms. The molecule has 1 aliphatic rings. The van der Waals surface area contributed by atoms with Crippen molar-refractivity contribution >= 4 is 11.7 Å². The minimum Gasteiger partial charge on any atom is -0.490 e. The second-order valence-electron chi connectivity index (χ2n) is 6.17. The highest BCUT2D eigenvalue weighted by Crippen LogP contribution is 2.24. The summed E-state index contributed by atoms with van der Waals surface area (Å²) in [4.78, 5) is 11.8. The van der Waals surface area contributed by atoms with Crippen molar-refractivity contribution in [2.75, 3.05) is 11.9 Å². The van der Waals surface area contributed by atoms with Crippen LogP contribution in [-0.4, -0.2) is 29.4 Å². The molecule has 0 aromatic heterocycles. The molecule has 0 heterocycles. The number of hydrogen-bond donors (Lipinski definition) is 3. The van der Waals surface area contributed by atoms with Gasteiger partial charge in [0, 0.05) is 5.69 Å². The molecule has 0 unspecified atom stereocenters. The first-order chi connectivity index (χ1) is 9.98. The molecule has 0 saturated heterocycles. The van der Waals surface area contributed by atoms with E-state index in [-0.39, 0.29) is 12.6 Å². The van der Waals surface area contributed by atoms with Crippen molar-refractivity contribution in [3.63, 3.8) is 0 Å². The zero-order valence-corrected chi connectivity index (χ0v) is 12.7. The van der Waals surface area contributed by atoms with Crippen molar-refractivity contribution < 1.29 is 14.6 Å². The van der Waals surface area contributed by atoms with Crippen LogP contribution in [0.5, 0.6) is 5.75 Å². The molecule has 1 aliphatic carbocycles. The summed E-state index contributed by atoms with van der Waals surface area (Å²) in [5, 5.41) is 14.6. The van der Waals surface area contributed by atoms with Crippen LogP contribution in [0.25, 0.3) is 0 Å².